The van der Waals surface area contributed by atoms with E-state index < -0.39 is 10.2 Å². The number of hydrogen-bond donors (Lipinski definition) is 1. The molecule has 88 valence electrons. The van der Waals surface area contributed by atoms with Crippen LogP contribution in [0.2, 0.25) is 0 Å². The van der Waals surface area contributed by atoms with E-state index in [9.17, 15) is 8.42 Å². The fraction of sp³-hybridized carbons (Fsp3) is 0.750. The summed E-state index contributed by atoms with van der Waals surface area (Å²) in [5.74, 6) is 0.388. The average molecular weight is 255 g/mol. The van der Waals surface area contributed by atoms with Gasteiger partial charge in [0.25, 0.3) is 10.2 Å². The van der Waals surface area contributed by atoms with Crippen LogP contribution >= 0.6 is 11.6 Å². The molecule has 0 aromatic carbocycles. The second-order valence-electron chi connectivity index (χ2n) is 2.99. The Balaban J connectivity index is 2.40. The summed E-state index contributed by atoms with van der Waals surface area (Å²) in [7, 11) is -3.35. The van der Waals surface area contributed by atoms with E-state index in [1.807, 2.05) is 0 Å². The molecular formula is C8H15ClN2O3S. The number of ether oxygens (including phenoxy) is 1. The Morgan fingerprint density at radius 2 is 2.00 bits per heavy atom. The van der Waals surface area contributed by atoms with Crippen molar-refractivity contribution < 1.29 is 13.2 Å². The van der Waals surface area contributed by atoms with Crippen molar-refractivity contribution in [2.45, 2.75) is 0 Å². The van der Waals surface area contributed by atoms with Crippen LogP contribution in [0.25, 0.3) is 0 Å². The molecule has 1 N–H and O–H groups in total. The molecule has 0 aliphatic carbocycles. The molecule has 1 heterocycles. The first-order chi connectivity index (χ1) is 7.17. The Hall–Kier alpha value is -0.140. The van der Waals surface area contributed by atoms with Crippen LogP contribution in [0, 0.1) is 0 Å². The molecule has 1 fully saturated rings. The summed E-state index contributed by atoms with van der Waals surface area (Å²) in [5, 5.41) is 0. The topological polar surface area (TPSA) is 58.6 Å². The average Bonchev–Trinajstić information content (AvgIpc) is 2.26. The van der Waals surface area contributed by atoms with Gasteiger partial charge in [0.1, 0.15) is 0 Å². The molecule has 0 bridgehead atoms. The number of hydrogen-bond acceptors (Lipinski definition) is 3. The molecule has 1 aliphatic heterocycles. The molecule has 0 aromatic rings. The summed E-state index contributed by atoms with van der Waals surface area (Å²) in [5.41, 5.74) is 0. The molecule has 0 unspecified atom stereocenters. The summed E-state index contributed by atoms with van der Waals surface area (Å²) in [6, 6.07) is 0. The van der Waals surface area contributed by atoms with Gasteiger partial charge in [0, 0.05) is 25.5 Å². The molecule has 7 heteroatoms. The van der Waals surface area contributed by atoms with E-state index in [1.54, 1.807) is 12.2 Å². The molecule has 0 aromatic heterocycles. The van der Waals surface area contributed by atoms with Crippen molar-refractivity contribution in [3.05, 3.63) is 12.2 Å². The maximum atomic E-state index is 11.6. The van der Waals surface area contributed by atoms with E-state index in [0.717, 1.165) is 0 Å². The lowest BCUT2D eigenvalue weighted by molar-refractivity contribution is 0.0725. The first-order valence-electron chi connectivity index (χ1n) is 4.70. The van der Waals surface area contributed by atoms with Crippen molar-refractivity contribution in [1.82, 2.24) is 9.03 Å². The van der Waals surface area contributed by atoms with Crippen molar-refractivity contribution in [3.63, 3.8) is 0 Å². The summed E-state index contributed by atoms with van der Waals surface area (Å²) in [6.45, 7) is 2.01. The van der Waals surface area contributed by atoms with E-state index in [0.29, 0.717) is 32.2 Å². The standard InChI is InChI=1S/C8H15ClN2O3S/c9-3-1-2-4-10-15(12,13)11-5-7-14-8-6-11/h1-2,10H,3-8H2/b2-1+. The fourth-order valence-electron chi connectivity index (χ4n) is 1.18. The van der Waals surface area contributed by atoms with Crippen molar-refractivity contribution >= 4 is 21.8 Å². The molecular weight excluding hydrogens is 240 g/mol. The molecule has 0 radical (unpaired) electrons. The predicted octanol–water partition coefficient (Wildman–Crippen LogP) is -0.0520. The second kappa shape index (κ2) is 6.44. The fourth-order valence-corrected chi connectivity index (χ4v) is 2.42. The van der Waals surface area contributed by atoms with Crippen LogP contribution in [-0.2, 0) is 14.9 Å². The Kier molecular flexibility index (Phi) is 5.55. The highest BCUT2D eigenvalue weighted by Gasteiger charge is 2.22. The molecule has 1 aliphatic rings. The van der Waals surface area contributed by atoms with Crippen molar-refractivity contribution in [2.75, 3.05) is 38.7 Å². The van der Waals surface area contributed by atoms with Gasteiger partial charge in [-0.3, -0.25) is 0 Å². The largest absolute Gasteiger partial charge is 0.379 e. The highest BCUT2D eigenvalue weighted by molar-refractivity contribution is 7.87. The second-order valence-corrected chi connectivity index (χ2v) is 5.05. The number of rotatable bonds is 5. The maximum Gasteiger partial charge on any atom is 0.279 e. The lowest BCUT2D eigenvalue weighted by Gasteiger charge is -2.25. The van der Waals surface area contributed by atoms with E-state index in [2.05, 4.69) is 4.72 Å². The Labute approximate surface area is 95.2 Å². The third kappa shape index (κ3) is 4.48. The maximum absolute atomic E-state index is 11.6. The molecule has 1 rings (SSSR count). The van der Waals surface area contributed by atoms with Gasteiger partial charge in [-0.25, -0.2) is 0 Å². The lowest BCUT2D eigenvalue weighted by atomic mass is 10.5. The number of allylic oxidation sites excluding steroid dienone is 1. The highest BCUT2D eigenvalue weighted by atomic mass is 35.5. The number of nitrogens with one attached hydrogen (secondary N) is 1. The molecule has 5 nitrogen and oxygen atoms in total. The van der Waals surface area contributed by atoms with Crippen LogP contribution in [0.5, 0.6) is 0 Å². The quantitative estimate of drug-likeness (QED) is 0.553. The minimum atomic E-state index is -3.35. The zero-order valence-corrected chi connectivity index (χ0v) is 9.93. The number of alkyl halides is 1. The van der Waals surface area contributed by atoms with E-state index in [1.165, 1.54) is 4.31 Å². The molecule has 15 heavy (non-hydrogen) atoms. The monoisotopic (exact) mass is 254 g/mol. The van der Waals surface area contributed by atoms with Gasteiger partial charge in [-0.2, -0.15) is 17.4 Å². The first-order valence-corrected chi connectivity index (χ1v) is 6.68. The van der Waals surface area contributed by atoms with E-state index >= 15 is 0 Å². The van der Waals surface area contributed by atoms with Crippen LogP contribution < -0.4 is 4.72 Å². The van der Waals surface area contributed by atoms with Gasteiger partial charge in [-0.05, 0) is 0 Å². The number of halogens is 1. The van der Waals surface area contributed by atoms with E-state index in [-0.39, 0.29) is 6.54 Å². The molecule has 0 atom stereocenters. The van der Waals surface area contributed by atoms with Gasteiger partial charge in [0.2, 0.25) is 0 Å². The number of morpholine rings is 1. The van der Waals surface area contributed by atoms with Gasteiger partial charge in [-0.15, -0.1) is 11.6 Å². The van der Waals surface area contributed by atoms with Crippen molar-refractivity contribution in [1.29, 1.82) is 0 Å². The number of nitrogens with zero attached hydrogens (tertiary/aromatic N) is 1. The van der Waals surface area contributed by atoms with Crippen LogP contribution in [0.1, 0.15) is 0 Å². The van der Waals surface area contributed by atoms with Gasteiger partial charge < -0.3 is 4.74 Å². The van der Waals surface area contributed by atoms with Crippen LogP contribution in [-0.4, -0.2) is 51.5 Å². The SMILES string of the molecule is O=S(=O)(NC/C=C/CCl)N1CCOCC1. The van der Waals surface area contributed by atoms with Gasteiger partial charge in [0.15, 0.2) is 0 Å². The smallest absolute Gasteiger partial charge is 0.279 e. The lowest BCUT2D eigenvalue weighted by Crippen LogP contribution is -2.46. The van der Waals surface area contributed by atoms with Gasteiger partial charge in [0.05, 0.1) is 13.2 Å². The van der Waals surface area contributed by atoms with Crippen molar-refractivity contribution in [3.8, 4) is 0 Å². The normalized spacial score (nSPS) is 19.8. The van der Waals surface area contributed by atoms with Crippen molar-refractivity contribution in [2.24, 2.45) is 0 Å². The van der Waals surface area contributed by atoms with Crippen LogP contribution in [0.4, 0.5) is 0 Å². The highest BCUT2D eigenvalue weighted by Crippen LogP contribution is 2.02. The van der Waals surface area contributed by atoms with Gasteiger partial charge in [-0.1, -0.05) is 12.2 Å². The zero-order valence-electron chi connectivity index (χ0n) is 8.36. The minimum Gasteiger partial charge on any atom is -0.379 e. The molecule has 1 saturated heterocycles. The Bertz CT molecular complexity index is 299. The molecule has 0 saturated carbocycles. The van der Waals surface area contributed by atoms with Gasteiger partial charge >= 0.3 is 0 Å². The van der Waals surface area contributed by atoms with E-state index in [4.69, 9.17) is 16.3 Å². The molecule has 0 amide bonds. The Morgan fingerprint density at radius 1 is 1.33 bits per heavy atom. The third-order valence-corrected chi connectivity index (χ3v) is 3.70. The van der Waals surface area contributed by atoms with Crippen LogP contribution in [0.15, 0.2) is 12.2 Å². The summed E-state index contributed by atoms with van der Waals surface area (Å²) in [4.78, 5) is 0. The predicted molar refractivity (Wildman–Crippen MR) is 59.2 cm³/mol. The summed E-state index contributed by atoms with van der Waals surface area (Å²) >= 11 is 5.41. The van der Waals surface area contributed by atoms with Crippen LogP contribution in [0.3, 0.4) is 0 Å². The minimum absolute atomic E-state index is 0.270. The first kappa shape index (κ1) is 12.9. The zero-order chi connectivity index (χ0) is 11.1. The summed E-state index contributed by atoms with van der Waals surface area (Å²) < 4.78 is 32.2. The Morgan fingerprint density at radius 3 is 2.60 bits per heavy atom. The third-order valence-electron chi connectivity index (χ3n) is 1.95. The molecule has 0 spiro atoms. The summed E-state index contributed by atoms with van der Waals surface area (Å²) in [6.07, 6.45) is 3.38.